The number of aryl methyl sites for hydroxylation is 1. The Labute approximate surface area is 97.6 Å². The van der Waals surface area contributed by atoms with Crippen molar-refractivity contribution in [3.05, 3.63) is 42.0 Å². The van der Waals surface area contributed by atoms with Crippen LogP contribution in [-0.2, 0) is 7.05 Å². The van der Waals surface area contributed by atoms with Crippen molar-refractivity contribution in [2.45, 2.75) is 6.92 Å². The summed E-state index contributed by atoms with van der Waals surface area (Å²) in [4.78, 5) is 11.3. The zero-order valence-electron chi connectivity index (χ0n) is 9.48. The summed E-state index contributed by atoms with van der Waals surface area (Å²) in [5.74, 6) is -0.299. The Morgan fingerprint density at radius 2 is 2.24 bits per heavy atom. The molecule has 0 N–H and O–H groups in total. The molecule has 0 aliphatic rings. The normalized spacial score (nSPS) is 10.3. The molecule has 2 aromatic rings. The molecule has 0 saturated heterocycles. The number of ether oxygens (including phenoxy) is 1. The zero-order chi connectivity index (χ0) is 12.4. The van der Waals surface area contributed by atoms with Crippen molar-refractivity contribution in [1.29, 1.82) is 0 Å². The van der Waals surface area contributed by atoms with E-state index < -0.39 is 5.82 Å². The largest absolute Gasteiger partial charge is 0.453 e. The van der Waals surface area contributed by atoms with Crippen LogP contribution in [0.4, 0.5) is 4.39 Å². The molecule has 5 heteroatoms. The van der Waals surface area contributed by atoms with Crippen LogP contribution in [0.3, 0.4) is 0 Å². The Morgan fingerprint density at radius 3 is 2.82 bits per heavy atom. The van der Waals surface area contributed by atoms with Gasteiger partial charge >= 0.3 is 0 Å². The summed E-state index contributed by atoms with van der Waals surface area (Å²) in [6.45, 7) is 1.30. The number of halogens is 1. The first-order valence-electron chi connectivity index (χ1n) is 5.04. The van der Waals surface area contributed by atoms with E-state index in [0.717, 1.165) is 0 Å². The van der Waals surface area contributed by atoms with Gasteiger partial charge in [-0.25, -0.2) is 4.39 Å². The standard InChI is InChI=1S/C12H11FN2O2/c1-8(16)12-10(13)4-3-5-11(12)17-9-6-14-15(2)7-9/h3-7H,1-2H3. The van der Waals surface area contributed by atoms with E-state index in [1.165, 1.54) is 25.3 Å². The van der Waals surface area contributed by atoms with E-state index in [4.69, 9.17) is 4.74 Å². The van der Waals surface area contributed by atoms with Gasteiger partial charge in [-0.1, -0.05) is 6.07 Å². The molecule has 0 aliphatic carbocycles. The topological polar surface area (TPSA) is 44.1 Å². The summed E-state index contributed by atoms with van der Waals surface area (Å²) >= 11 is 0. The van der Waals surface area contributed by atoms with E-state index >= 15 is 0 Å². The quantitative estimate of drug-likeness (QED) is 0.766. The van der Waals surface area contributed by atoms with E-state index in [2.05, 4.69) is 5.10 Å². The van der Waals surface area contributed by atoms with E-state index in [1.54, 1.807) is 24.0 Å². The SMILES string of the molecule is CC(=O)c1c(F)cccc1Oc1cnn(C)c1. The molecule has 0 saturated carbocycles. The lowest BCUT2D eigenvalue weighted by Gasteiger charge is -2.07. The van der Waals surface area contributed by atoms with Crippen LogP contribution in [0.15, 0.2) is 30.6 Å². The molecule has 0 unspecified atom stereocenters. The van der Waals surface area contributed by atoms with Crippen LogP contribution in [0.1, 0.15) is 17.3 Å². The summed E-state index contributed by atoms with van der Waals surface area (Å²) in [6, 6.07) is 4.27. The number of hydrogen-bond acceptors (Lipinski definition) is 3. The Bertz CT molecular complexity index is 563. The van der Waals surface area contributed by atoms with Gasteiger partial charge in [0.25, 0.3) is 0 Å². The highest BCUT2D eigenvalue weighted by Gasteiger charge is 2.15. The van der Waals surface area contributed by atoms with Crippen molar-refractivity contribution in [2.75, 3.05) is 0 Å². The minimum absolute atomic E-state index is 0.0450. The fraction of sp³-hybridized carbons (Fsp3) is 0.167. The highest BCUT2D eigenvalue weighted by molar-refractivity contribution is 5.97. The molecule has 0 amide bonds. The number of carbonyl (C=O) groups is 1. The van der Waals surface area contributed by atoms with Crippen molar-refractivity contribution in [2.24, 2.45) is 7.05 Å². The van der Waals surface area contributed by atoms with Gasteiger partial charge in [0.05, 0.1) is 18.0 Å². The fourth-order valence-corrected chi connectivity index (χ4v) is 1.51. The predicted molar refractivity (Wildman–Crippen MR) is 59.7 cm³/mol. The third-order valence-electron chi connectivity index (χ3n) is 2.24. The first-order valence-corrected chi connectivity index (χ1v) is 5.04. The second kappa shape index (κ2) is 4.37. The van der Waals surface area contributed by atoms with Gasteiger partial charge in [0, 0.05) is 7.05 Å². The molecule has 88 valence electrons. The van der Waals surface area contributed by atoms with E-state index in [-0.39, 0.29) is 17.1 Å². The number of nitrogens with zero attached hydrogens (tertiary/aromatic N) is 2. The number of rotatable bonds is 3. The molecule has 4 nitrogen and oxygen atoms in total. The van der Waals surface area contributed by atoms with Crippen molar-refractivity contribution in [3.8, 4) is 11.5 Å². The smallest absolute Gasteiger partial charge is 0.166 e. The molecule has 1 aromatic carbocycles. The number of ketones is 1. The summed E-state index contributed by atoms with van der Waals surface area (Å²) < 4.78 is 20.5. The van der Waals surface area contributed by atoms with Crippen LogP contribution in [0.5, 0.6) is 11.5 Å². The molecule has 1 heterocycles. The number of aromatic nitrogens is 2. The first-order chi connectivity index (χ1) is 8.08. The summed E-state index contributed by atoms with van der Waals surface area (Å²) in [5, 5.41) is 3.92. The molecular weight excluding hydrogens is 223 g/mol. The second-order valence-electron chi connectivity index (χ2n) is 3.62. The van der Waals surface area contributed by atoms with Gasteiger partial charge in [0.2, 0.25) is 0 Å². The first kappa shape index (κ1) is 11.3. The summed E-state index contributed by atoms with van der Waals surface area (Å²) in [7, 11) is 1.74. The lowest BCUT2D eigenvalue weighted by molar-refractivity contribution is 0.101. The monoisotopic (exact) mass is 234 g/mol. The van der Waals surface area contributed by atoms with Gasteiger partial charge in [-0.05, 0) is 19.1 Å². The zero-order valence-corrected chi connectivity index (χ0v) is 9.48. The van der Waals surface area contributed by atoms with Crippen molar-refractivity contribution >= 4 is 5.78 Å². The maximum atomic E-state index is 13.5. The van der Waals surface area contributed by atoms with Gasteiger partial charge < -0.3 is 4.74 Å². The number of Topliss-reactive ketones (excluding diaryl/α,β-unsaturated/α-hetero) is 1. The maximum absolute atomic E-state index is 13.5. The number of carbonyl (C=O) groups excluding carboxylic acids is 1. The molecule has 0 spiro atoms. The number of benzene rings is 1. The van der Waals surface area contributed by atoms with E-state index in [9.17, 15) is 9.18 Å². The molecule has 0 aliphatic heterocycles. The number of hydrogen-bond donors (Lipinski definition) is 0. The van der Waals surface area contributed by atoms with Crippen LogP contribution < -0.4 is 4.74 Å². The van der Waals surface area contributed by atoms with E-state index in [1.807, 2.05) is 0 Å². The maximum Gasteiger partial charge on any atom is 0.166 e. The van der Waals surface area contributed by atoms with Crippen LogP contribution in [0.2, 0.25) is 0 Å². The molecule has 0 atom stereocenters. The molecule has 1 aromatic heterocycles. The van der Waals surface area contributed by atoms with E-state index in [0.29, 0.717) is 5.75 Å². The minimum atomic E-state index is -0.584. The van der Waals surface area contributed by atoms with Crippen molar-refractivity contribution in [3.63, 3.8) is 0 Å². The lowest BCUT2D eigenvalue weighted by Crippen LogP contribution is -2.00. The molecule has 2 rings (SSSR count). The Morgan fingerprint density at radius 1 is 1.47 bits per heavy atom. The fourth-order valence-electron chi connectivity index (χ4n) is 1.51. The minimum Gasteiger partial charge on any atom is -0.453 e. The summed E-state index contributed by atoms with van der Waals surface area (Å²) in [5.41, 5.74) is -0.0450. The predicted octanol–water partition coefficient (Wildman–Crippen LogP) is 2.55. The average molecular weight is 234 g/mol. The average Bonchev–Trinajstić information content (AvgIpc) is 2.63. The van der Waals surface area contributed by atoms with Crippen LogP contribution >= 0.6 is 0 Å². The van der Waals surface area contributed by atoms with Gasteiger partial charge in [0.15, 0.2) is 11.5 Å². The highest BCUT2D eigenvalue weighted by atomic mass is 19.1. The van der Waals surface area contributed by atoms with Gasteiger partial charge in [-0.3, -0.25) is 9.48 Å². The molecule has 0 radical (unpaired) electrons. The lowest BCUT2D eigenvalue weighted by atomic mass is 10.1. The van der Waals surface area contributed by atoms with Crippen molar-refractivity contribution < 1.29 is 13.9 Å². The molecule has 0 bridgehead atoms. The molecule has 0 fully saturated rings. The van der Waals surface area contributed by atoms with Crippen LogP contribution in [0, 0.1) is 5.82 Å². The third-order valence-corrected chi connectivity index (χ3v) is 2.24. The Balaban J connectivity index is 2.39. The van der Waals surface area contributed by atoms with Gasteiger partial charge in [-0.15, -0.1) is 0 Å². The van der Waals surface area contributed by atoms with Crippen LogP contribution in [-0.4, -0.2) is 15.6 Å². The van der Waals surface area contributed by atoms with Crippen LogP contribution in [0.25, 0.3) is 0 Å². The summed E-state index contributed by atoms with van der Waals surface area (Å²) in [6.07, 6.45) is 3.13. The van der Waals surface area contributed by atoms with Gasteiger partial charge in [-0.2, -0.15) is 5.10 Å². The molecular formula is C12H11FN2O2. The Kier molecular flexibility index (Phi) is 2.91. The molecule has 17 heavy (non-hydrogen) atoms. The van der Waals surface area contributed by atoms with Gasteiger partial charge in [0.1, 0.15) is 11.6 Å². The Hall–Kier alpha value is -2.17. The third kappa shape index (κ3) is 2.33. The highest BCUT2D eigenvalue weighted by Crippen LogP contribution is 2.27. The second-order valence-corrected chi connectivity index (χ2v) is 3.62. The van der Waals surface area contributed by atoms with Crippen molar-refractivity contribution in [1.82, 2.24) is 9.78 Å².